The lowest BCUT2D eigenvalue weighted by atomic mass is 10.1. The van der Waals surface area contributed by atoms with Gasteiger partial charge in [-0.3, -0.25) is 0 Å². The zero-order valence-electron chi connectivity index (χ0n) is 11.0. The summed E-state index contributed by atoms with van der Waals surface area (Å²) in [5.74, 6) is 0. The first kappa shape index (κ1) is 12.7. The van der Waals surface area contributed by atoms with Crippen molar-refractivity contribution in [2.45, 2.75) is 13.0 Å². The Morgan fingerprint density at radius 1 is 0.944 bits per heavy atom. The summed E-state index contributed by atoms with van der Waals surface area (Å²) < 4.78 is 0. The first-order chi connectivity index (χ1) is 8.66. The SMILES string of the molecule is CC(N)CN(C)c1ccc(-c2ccccc2)cc1. The molecule has 0 bridgehead atoms. The van der Waals surface area contributed by atoms with E-state index in [4.69, 9.17) is 5.73 Å². The highest BCUT2D eigenvalue weighted by Crippen LogP contribution is 2.22. The Morgan fingerprint density at radius 3 is 2.06 bits per heavy atom. The number of nitrogens with two attached hydrogens (primary N) is 1. The van der Waals surface area contributed by atoms with Gasteiger partial charge in [0, 0.05) is 25.3 Å². The molecule has 0 fully saturated rings. The Hall–Kier alpha value is -1.80. The van der Waals surface area contributed by atoms with Crippen LogP contribution in [0.1, 0.15) is 6.92 Å². The Bertz CT molecular complexity index is 474. The highest BCUT2D eigenvalue weighted by Gasteiger charge is 2.03. The van der Waals surface area contributed by atoms with Crippen LogP contribution in [0.25, 0.3) is 11.1 Å². The van der Waals surface area contributed by atoms with Gasteiger partial charge in [0.25, 0.3) is 0 Å². The van der Waals surface area contributed by atoms with Crippen LogP contribution >= 0.6 is 0 Å². The molecule has 2 aromatic carbocycles. The van der Waals surface area contributed by atoms with E-state index in [1.165, 1.54) is 16.8 Å². The van der Waals surface area contributed by atoms with Gasteiger partial charge in [-0.05, 0) is 30.2 Å². The highest BCUT2D eigenvalue weighted by atomic mass is 15.1. The van der Waals surface area contributed by atoms with Crippen molar-refractivity contribution in [3.05, 3.63) is 54.6 Å². The number of hydrogen-bond acceptors (Lipinski definition) is 2. The van der Waals surface area contributed by atoms with Crippen molar-refractivity contribution >= 4 is 5.69 Å². The Morgan fingerprint density at radius 2 is 1.50 bits per heavy atom. The topological polar surface area (TPSA) is 29.3 Å². The van der Waals surface area contributed by atoms with Crippen LogP contribution in [0.15, 0.2) is 54.6 Å². The van der Waals surface area contributed by atoms with Gasteiger partial charge in [0.2, 0.25) is 0 Å². The van der Waals surface area contributed by atoms with Gasteiger partial charge in [0.15, 0.2) is 0 Å². The van der Waals surface area contributed by atoms with Gasteiger partial charge in [0.1, 0.15) is 0 Å². The molecule has 2 N–H and O–H groups in total. The Balaban J connectivity index is 2.15. The summed E-state index contributed by atoms with van der Waals surface area (Å²) in [6.45, 7) is 2.89. The van der Waals surface area contributed by atoms with Crippen LogP contribution in [0.2, 0.25) is 0 Å². The lowest BCUT2D eigenvalue weighted by Gasteiger charge is -2.21. The molecule has 94 valence electrons. The molecule has 2 heteroatoms. The van der Waals surface area contributed by atoms with Crippen molar-refractivity contribution in [3.8, 4) is 11.1 Å². The van der Waals surface area contributed by atoms with Gasteiger partial charge in [-0.15, -0.1) is 0 Å². The summed E-state index contributed by atoms with van der Waals surface area (Å²) in [6.07, 6.45) is 0. The van der Waals surface area contributed by atoms with Crippen LogP contribution in [-0.2, 0) is 0 Å². The minimum Gasteiger partial charge on any atom is -0.373 e. The van der Waals surface area contributed by atoms with Crippen LogP contribution < -0.4 is 10.6 Å². The molecule has 2 nitrogen and oxygen atoms in total. The average molecular weight is 240 g/mol. The summed E-state index contributed by atoms with van der Waals surface area (Å²) in [5.41, 5.74) is 9.50. The molecule has 0 aliphatic rings. The van der Waals surface area contributed by atoms with E-state index in [-0.39, 0.29) is 6.04 Å². The molecule has 0 amide bonds. The molecule has 0 aliphatic carbocycles. The third-order valence-electron chi connectivity index (χ3n) is 2.98. The largest absolute Gasteiger partial charge is 0.373 e. The lowest BCUT2D eigenvalue weighted by Crippen LogP contribution is -2.32. The van der Waals surface area contributed by atoms with Crippen LogP contribution in [0, 0.1) is 0 Å². The van der Waals surface area contributed by atoms with E-state index < -0.39 is 0 Å². The summed E-state index contributed by atoms with van der Waals surface area (Å²) in [4.78, 5) is 2.18. The summed E-state index contributed by atoms with van der Waals surface area (Å²) in [5, 5.41) is 0. The summed E-state index contributed by atoms with van der Waals surface area (Å²) in [6, 6.07) is 19.2. The second-order valence-corrected chi connectivity index (χ2v) is 4.77. The van der Waals surface area contributed by atoms with Gasteiger partial charge < -0.3 is 10.6 Å². The fourth-order valence-corrected chi connectivity index (χ4v) is 2.08. The number of likely N-dealkylation sites (N-methyl/N-ethyl adjacent to an activating group) is 1. The summed E-state index contributed by atoms with van der Waals surface area (Å²) >= 11 is 0. The maximum atomic E-state index is 5.81. The Labute approximate surface area is 109 Å². The van der Waals surface area contributed by atoms with E-state index in [1.807, 2.05) is 13.0 Å². The van der Waals surface area contributed by atoms with Gasteiger partial charge in [-0.25, -0.2) is 0 Å². The standard InChI is InChI=1S/C16H20N2/c1-13(17)12-18(2)16-10-8-15(9-11-16)14-6-4-3-5-7-14/h3-11,13H,12,17H2,1-2H3. The lowest BCUT2D eigenvalue weighted by molar-refractivity contribution is 0.718. The number of nitrogens with zero attached hydrogens (tertiary/aromatic N) is 1. The minimum absolute atomic E-state index is 0.184. The molecule has 0 heterocycles. The number of benzene rings is 2. The van der Waals surface area contributed by atoms with E-state index in [0.717, 1.165) is 6.54 Å². The molecular weight excluding hydrogens is 220 g/mol. The molecular formula is C16H20N2. The number of rotatable bonds is 4. The molecule has 1 unspecified atom stereocenters. The molecule has 2 aromatic rings. The van der Waals surface area contributed by atoms with Crippen LogP contribution in [0.4, 0.5) is 5.69 Å². The van der Waals surface area contributed by atoms with Crippen LogP contribution in [0.5, 0.6) is 0 Å². The monoisotopic (exact) mass is 240 g/mol. The highest BCUT2D eigenvalue weighted by molar-refractivity contribution is 5.66. The molecule has 0 saturated heterocycles. The quantitative estimate of drug-likeness (QED) is 0.889. The first-order valence-electron chi connectivity index (χ1n) is 6.29. The van der Waals surface area contributed by atoms with Crippen molar-refractivity contribution < 1.29 is 0 Å². The van der Waals surface area contributed by atoms with E-state index in [0.29, 0.717) is 0 Å². The normalized spacial score (nSPS) is 12.2. The van der Waals surface area contributed by atoms with Crippen molar-refractivity contribution in [1.82, 2.24) is 0 Å². The van der Waals surface area contributed by atoms with E-state index in [1.54, 1.807) is 0 Å². The number of hydrogen-bond donors (Lipinski definition) is 1. The molecule has 18 heavy (non-hydrogen) atoms. The first-order valence-corrected chi connectivity index (χ1v) is 6.29. The van der Waals surface area contributed by atoms with Crippen molar-refractivity contribution in [2.24, 2.45) is 5.73 Å². The van der Waals surface area contributed by atoms with E-state index >= 15 is 0 Å². The number of anilines is 1. The van der Waals surface area contributed by atoms with Gasteiger partial charge in [-0.1, -0.05) is 42.5 Å². The molecule has 0 aliphatic heterocycles. The molecule has 0 saturated carbocycles. The predicted octanol–water partition coefficient (Wildman–Crippen LogP) is 3.14. The third-order valence-corrected chi connectivity index (χ3v) is 2.98. The van der Waals surface area contributed by atoms with Crippen molar-refractivity contribution in [3.63, 3.8) is 0 Å². The van der Waals surface area contributed by atoms with E-state index in [9.17, 15) is 0 Å². The van der Waals surface area contributed by atoms with Gasteiger partial charge in [-0.2, -0.15) is 0 Å². The average Bonchev–Trinajstić information content (AvgIpc) is 2.39. The van der Waals surface area contributed by atoms with E-state index in [2.05, 4.69) is 60.5 Å². The summed E-state index contributed by atoms with van der Waals surface area (Å²) in [7, 11) is 2.07. The minimum atomic E-state index is 0.184. The maximum Gasteiger partial charge on any atom is 0.0364 e. The fraction of sp³-hybridized carbons (Fsp3) is 0.250. The van der Waals surface area contributed by atoms with Gasteiger partial charge in [0.05, 0.1) is 0 Å². The van der Waals surface area contributed by atoms with Crippen LogP contribution in [-0.4, -0.2) is 19.6 Å². The second kappa shape index (κ2) is 5.69. The van der Waals surface area contributed by atoms with Crippen molar-refractivity contribution in [2.75, 3.05) is 18.5 Å². The van der Waals surface area contributed by atoms with Crippen molar-refractivity contribution in [1.29, 1.82) is 0 Å². The van der Waals surface area contributed by atoms with Gasteiger partial charge >= 0.3 is 0 Å². The smallest absolute Gasteiger partial charge is 0.0364 e. The fourth-order valence-electron chi connectivity index (χ4n) is 2.08. The molecule has 0 radical (unpaired) electrons. The predicted molar refractivity (Wildman–Crippen MR) is 78.8 cm³/mol. The molecule has 2 rings (SSSR count). The zero-order valence-corrected chi connectivity index (χ0v) is 11.0. The maximum absolute atomic E-state index is 5.81. The molecule has 0 spiro atoms. The zero-order chi connectivity index (χ0) is 13.0. The Kier molecular flexibility index (Phi) is 4.00. The van der Waals surface area contributed by atoms with Crippen LogP contribution in [0.3, 0.4) is 0 Å². The third kappa shape index (κ3) is 3.11. The second-order valence-electron chi connectivity index (χ2n) is 4.77. The molecule has 1 atom stereocenters. The molecule has 0 aromatic heterocycles.